The van der Waals surface area contributed by atoms with E-state index in [-0.39, 0.29) is 17.3 Å². The summed E-state index contributed by atoms with van der Waals surface area (Å²) in [6, 6.07) is 23.4. The molecule has 3 aromatic carbocycles. The number of halogens is 1. The molecular weight excluding hydrogens is 395 g/mol. The van der Waals surface area contributed by atoms with Gasteiger partial charge in [-0.2, -0.15) is 0 Å². The Morgan fingerprint density at radius 2 is 1.68 bits per heavy atom. The first-order chi connectivity index (χ1) is 15.0. The summed E-state index contributed by atoms with van der Waals surface area (Å²) >= 11 is 0. The van der Waals surface area contributed by atoms with Crippen LogP contribution in [0.4, 0.5) is 10.1 Å². The average Bonchev–Trinajstić information content (AvgIpc) is 2.75. The van der Waals surface area contributed by atoms with E-state index in [9.17, 15) is 14.0 Å². The van der Waals surface area contributed by atoms with E-state index in [4.69, 9.17) is 4.74 Å². The molecule has 4 rings (SSSR count). The predicted octanol–water partition coefficient (Wildman–Crippen LogP) is 5.39. The number of ether oxygens (including phenoxy) is 1. The van der Waals surface area contributed by atoms with Crippen LogP contribution in [0.25, 0.3) is 16.8 Å². The molecule has 0 spiro atoms. The van der Waals surface area contributed by atoms with Crippen LogP contribution in [0.15, 0.2) is 95.9 Å². The second kappa shape index (κ2) is 8.67. The van der Waals surface area contributed by atoms with Crippen LogP contribution in [0.1, 0.15) is 6.92 Å². The molecular formula is C25H19FN2O3. The van der Waals surface area contributed by atoms with Crippen molar-refractivity contribution in [2.75, 3.05) is 5.32 Å². The van der Waals surface area contributed by atoms with Crippen molar-refractivity contribution in [3.63, 3.8) is 0 Å². The summed E-state index contributed by atoms with van der Waals surface area (Å²) in [6.45, 7) is 1.42. The molecule has 0 atom stereocenters. The molecule has 4 aromatic rings. The Morgan fingerprint density at radius 1 is 0.935 bits per heavy atom. The van der Waals surface area contributed by atoms with Crippen LogP contribution < -0.4 is 15.6 Å². The van der Waals surface area contributed by atoms with Gasteiger partial charge in [0, 0.05) is 30.4 Å². The minimum atomic E-state index is -0.356. The first kappa shape index (κ1) is 20.1. The number of rotatable bonds is 5. The summed E-state index contributed by atoms with van der Waals surface area (Å²) in [5.74, 6) is 0.376. The van der Waals surface area contributed by atoms with Crippen LogP contribution in [0.2, 0.25) is 0 Å². The van der Waals surface area contributed by atoms with Gasteiger partial charge in [0.1, 0.15) is 17.3 Å². The molecule has 0 fully saturated rings. The Balaban J connectivity index is 1.85. The summed E-state index contributed by atoms with van der Waals surface area (Å²) in [7, 11) is 0. The fraction of sp³-hybridized carbons (Fsp3) is 0.0400. The zero-order chi connectivity index (χ0) is 21.8. The molecule has 31 heavy (non-hydrogen) atoms. The molecule has 0 aliphatic rings. The molecule has 0 bridgehead atoms. The number of nitrogens with zero attached hydrogens (tertiary/aromatic N) is 1. The van der Waals surface area contributed by atoms with Gasteiger partial charge in [0.25, 0.3) is 5.56 Å². The van der Waals surface area contributed by atoms with E-state index in [1.807, 2.05) is 18.2 Å². The molecule has 0 aliphatic carbocycles. The number of carbonyl (C=O) groups excluding carboxylic acids is 1. The highest BCUT2D eigenvalue weighted by molar-refractivity contribution is 5.89. The van der Waals surface area contributed by atoms with E-state index in [1.54, 1.807) is 54.7 Å². The van der Waals surface area contributed by atoms with Crippen molar-refractivity contribution < 1.29 is 13.9 Å². The summed E-state index contributed by atoms with van der Waals surface area (Å²) in [5, 5.41) is 2.71. The third-order valence-corrected chi connectivity index (χ3v) is 4.59. The maximum Gasteiger partial charge on any atom is 0.258 e. The zero-order valence-corrected chi connectivity index (χ0v) is 16.7. The van der Waals surface area contributed by atoms with E-state index < -0.39 is 0 Å². The maximum atomic E-state index is 13.5. The van der Waals surface area contributed by atoms with Crippen LogP contribution in [0.5, 0.6) is 11.5 Å². The number of hydrogen-bond donors (Lipinski definition) is 1. The number of nitrogens with one attached hydrogen (secondary N) is 1. The quantitative estimate of drug-likeness (QED) is 0.476. The van der Waals surface area contributed by atoms with Crippen molar-refractivity contribution in [2.24, 2.45) is 0 Å². The maximum absolute atomic E-state index is 13.5. The molecule has 6 heteroatoms. The van der Waals surface area contributed by atoms with Crippen LogP contribution in [0, 0.1) is 5.82 Å². The Bertz CT molecular complexity index is 1280. The van der Waals surface area contributed by atoms with E-state index in [1.165, 1.54) is 29.7 Å². The fourth-order valence-corrected chi connectivity index (χ4v) is 3.20. The summed E-state index contributed by atoms with van der Waals surface area (Å²) < 4.78 is 20.9. The van der Waals surface area contributed by atoms with E-state index in [0.29, 0.717) is 34.0 Å². The minimum Gasteiger partial charge on any atom is -0.456 e. The van der Waals surface area contributed by atoms with Gasteiger partial charge in [-0.25, -0.2) is 4.39 Å². The number of hydrogen-bond acceptors (Lipinski definition) is 3. The van der Waals surface area contributed by atoms with E-state index in [2.05, 4.69) is 5.32 Å². The molecule has 1 amide bonds. The van der Waals surface area contributed by atoms with Gasteiger partial charge in [0.05, 0.1) is 5.69 Å². The standard InChI is InChI=1S/C25H19FN2O3/c1-17(29)27-20-6-5-7-21(14-20)28-16-23(18-10-12-19(26)13-11-18)24(15-25(28)30)31-22-8-3-2-4-9-22/h2-16H,1H3,(H,27,29). The van der Waals surface area contributed by atoms with Gasteiger partial charge in [-0.05, 0) is 48.0 Å². The van der Waals surface area contributed by atoms with Gasteiger partial charge in [-0.15, -0.1) is 0 Å². The summed E-state index contributed by atoms with van der Waals surface area (Å²) in [5.41, 5.74) is 2.15. The topological polar surface area (TPSA) is 60.3 Å². The molecule has 154 valence electrons. The molecule has 0 aliphatic heterocycles. The average molecular weight is 414 g/mol. The van der Waals surface area contributed by atoms with Gasteiger partial charge < -0.3 is 10.1 Å². The van der Waals surface area contributed by atoms with Gasteiger partial charge in [0.15, 0.2) is 0 Å². The monoisotopic (exact) mass is 414 g/mol. The number of anilines is 1. The van der Waals surface area contributed by atoms with Crippen LogP contribution in [0.3, 0.4) is 0 Å². The SMILES string of the molecule is CC(=O)Nc1cccc(-n2cc(-c3ccc(F)cc3)c(Oc3ccccc3)cc2=O)c1. The van der Waals surface area contributed by atoms with Crippen molar-refractivity contribution in [3.05, 3.63) is 107 Å². The van der Waals surface area contributed by atoms with Gasteiger partial charge in [0.2, 0.25) is 5.91 Å². The number of para-hydroxylation sites is 1. The molecule has 1 heterocycles. The number of aromatic nitrogens is 1. The Kier molecular flexibility index (Phi) is 5.62. The zero-order valence-electron chi connectivity index (χ0n) is 16.7. The van der Waals surface area contributed by atoms with Gasteiger partial charge in [-0.3, -0.25) is 14.2 Å². The third-order valence-electron chi connectivity index (χ3n) is 4.59. The highest BCUT2D eigenvalue weighted by Gasteiger charge is 2.13. The highest BCUT2D eigenvalue weighted by atomic mass is 19.1. The van der Waals surface area contributed by atoms with E-state index in [0.717, 1.165) is 0 Å². The Hall–Kier alpha value is -4.19. The first-order valence-electron chi connectivity index (χ1n) is 9.63. The van der Waals surface area contributed by atoms with Crippen LogP contribution >= 0.6 is 0 Å². The van der Waals surface area contributed by atoms with E-state index >= 15 is 0 Å². The fourth-order valence-electron chi connectivity index (χ4n) is 3.20. The predicted molar refractivity (Wildman–Crippen MR) is 118 cm³/mol. The molecule has 1 N–H and O–H groups in total. The number of benzene rings is 3. The summed E-state index contributed by atoms with van der Waals surface area (Å²) in [4.78, 5) is 24.3. The molecule has 0 radical (unpaired) electrons. The lowest BCUT2D eigenvalue weighted by Gasteiger charge is -2.15. The van der Waals surface area contributed by atoms with Crippen molar-refractivity contribution in [1.29, 1.82) is 0 Å². The summed E-state index contributed by atoms with van der Waals surface area (Å²) in [6.07, 6.45) is 1.65. The molecule has 5 nitrogen and oxygen atoms in total. The van der Waals surface area contributed by atoms with Crippen molar-refractivity contribution >= 4 is 11.6 Å². The third kappa shape index (κ3) is 4.70. The molecule has 0 saturated heterocycles. The number of amides is 1. The second-order valence-electron chi connectivity index (χ2n) is 6.91. The van der Waals surface area contributed by atoms with Crippen LogP contribution in [-0.2, 0) is 4.79 Å². The molecule has 0 unspecified atom stereocenters. The number of carbonyl (C=O) groups is 1. The highest BCUT2D eigenvalue weighted by Crippen LogP contribution is 2.33. The number of pyridine rings is 1. The van der Waals surface area contributed by atoms with Gasteiger partial charge >= 0.3 is 0 Å². The lowest BCUT2D eigenvalue weighted by atomic mass is 10.1. The normalized spacial score (nSPS) is 10.5. The second-order valence-corrected chi connectivity index (χ2v) is 6.91. The smallest absolute Gasteiger partial charge is 0.258 e. The Morgan fingerprint density at radius 3 is 2.39 bits per heavy atom. The molecule has 0 saturated carbocycles. The largest absolute Gasteiger partial charge is 0.456 e. The Labute approximate surface area is 178 Å². The van der Waals surface area contributed by atoms with Gasteiger partial charge in [-0.1, -0.05) is 36.4 Å². The van der Waals surface area contributed by atoms with Crippen molar-refractivity contribution in [1.82, 2.24) is 4.57 Å². The molecule has 1 aromatic heterocycles. The van der Waals surface area contributed by atoms with Crippen LogP contribution in [-0.4, -0.2) is 10.5 Å². The van der Waals surface area contributed by atoms with Crippen molar-refractivity contribution in [3.8, 4) is 28.3 Å². The van der Waals surface area contributed by atoms with Crippen molar-refractivity contribution in [2.45, 2.75) is 6.92 Å². The lowest BCUT2D eigenvalue weighted by molar-refractivity contribution is -0.114. The first-order valence-corrected chi connectivity index (χ1v) is 9.63. The lowest BCUT2D eigenvalue weighted by Crippen LogP contribution is -2.18. The minimum absolute atomic E-state index is 0.205.